The first-order valence-corrected chi connectivity index (χ1v) is 14.0. The topological polar surface area (TPSA) is 92.4 Å². The minimum Gasteiger partial charge on any atom is -0.497 e. The number of rotatable bonds is 10. The van der Waals surface area contributed by atoms with E-state index >= 15 is 0 Å². The largest absolute Gasteiger partial charge is 0.497 e. The summed E-state index contributed by atoms with van der Waals surface area (Å²) in [6.45, 7) is 5.32. The number of thiocarbonyl (C=S) groups is 1. The summed E-state index contributed by atoms with van der Waals surface area (Å²) in [4.78, 5) is 29.9. The van der Waals surface area contributed by atoms with E-state index in [1.165, 1.54) is 0 Å². The number of amides is 2. The molecule has 1 aliphatic rings. The van der Waals surface area contributed by atoms with Gasteiger partial charge in [-0.05, 0) is 73.2 Å². The second-order valence-electron chi connectivity index (χ2n) is 9.57. The first-order valence-electron chi connectivity index (χ1n) is 13.6. The number of nitrogens with zero attached hydrogens (tertiary/aromatic N) is 2. The average Bonchev–Trinajstić information content (AvgIpc) is 3.01. The molecule has 9 nitrogen and oxygen atoms in total. The maximum atomic E-state index is 13.1. The molecule has 10 heteroatoms. The van der Waals surface area contributed by atoms with Crippen LogP contribution in [0.3, 0.4) is 0 Å². The van der Waals surface area contributed by atoms with Gasteiger partial charge in [0.25, 0.3) is 11.8 Å². The summed E-state index contributed by atoms with van der Waals surface area (Å²) in [6.07, 6.45) is 2.00. The molecule has 0 bridgehead atoms. The fourth-order valence-electron chi connectivity index (χ4n) is 4.44. The molecule has 1 saturated heterocycles. The van der Waals surface area contributed by atoms with Crippen LogP contribution in [-0.4, -0.2) is 68.8 Å². The van der Waals surface area contributed by atoms with Crippen molar-refractivity contribution in [2.24, 2.45) is 0 Å². The Morgan fingerprint density at radius 2 is 1.51 bits per heavy atom. The number of hydrogen-bond acceptors (Lipinski definition) is 7. The Morgan fingerprint density at radius 3 is 2.15 bits per heavy atom. The number of anilines is 2. The maximum Gasteiger partial charge on any atom is 0.257 e. The molecule has 2 N–H and O–H groups in total. The van der Waals surface area contributed by atoms with Crippen LogP contribution in [0, 0.1) is 0 Å². The number of carbonyl (C=O) groups excluding carboxylic acids is 2. The van der Waals surface area contributed by atoms with Crippen LogP contribution in [0.4, 0.5) is 11.4 Å². The molecule has 2 amide bonds. The van der Waals surface area contributed by atoms with Gasteiger partial charge in [0.05, 0.1) is 20.8 Å². The van der Waals surface area contributed by atoms with Crippen LogP contribution in [0.1, 0.15) is 40.5 Å². The van der Waals surface area contributed by atoms with Gasteiger partial charge >= 0.3 is 0 Å². The first-order chi connectivity index (χ1) is 19.9. The zero-order chi connectivity index (χ0) is 29.2. The van der Waals surface area contributed by atoms with Crippen LogP contribution in [0.25, 0.3) is 0 Å². The number of methoxy groups -OCH3 is 2. The quantitative estimate of drug-likeness (QED) is 0.258. The third kappa shape index (κ3) is 8.11. The van der Waals surface area contributed by atoms with E-state index in [4.69, 9.17) is 26.4 Å². The monoisotopic (exact) mass is 576 g/mol. The van der Waals surface area contributed by atoms with Gasteiger partial charge in [0.1, 0.15) is 17.2 Å². The zero-order valence-electron chi connectivity index (χ0n) is 23.6. The number of benzene rings is 3. The summed E-state index contributed by atoms with van der Waals surface area (Å²) in [7, 11) is 3.13. The molecule has 216 valence electrons. The molecular weight excluding hydrogens is 540 g/mol. The molecule has 0 aliphatic carbocycles. The Bertz CT molecular complexity index is 1330. The minimum absolute atomic E-state index is 0.0484. The Morgan fingerprint density at radius 1 is 0.854 bits per heavy atom. The first kappa shape index (κ1) is 29.7. The lowest BCUT2D eigenvalue weighted by molar-refractivity contribution is 0.0745. The van der Waals surface area contributed by atoms with Crippen molar-refractivity contribution in [2.75, 3.05) is 57.2 Å². The molecule has 1 aliphatic heterocycles. The summed E-state index contributed by atoms with van der Waals surface area (Å²) in [5, 5.41) is 6.00. The van der Waals surface area contributed by atoms with Crippen molar-refractivity contribution in [1.29, 1.82) is 0 Å². The van der Waals surface area contributed by atoms with E-state index in [0.717, 1.165) is 24.2 Å². The number of hydrogen-bond donors (Lipinski definition) is 2. The van der Waals surface area contributed by atoms with E-state index in [1.54, 1.807) is 50.6 Å². The average molecular weight is 577 g/mol. The molecule has 0 aromatic heterocycles. The zero-order valence-corrected chi connectivity index (χ0v) is 24.5. The van der Waals surface area contributed by atoms with E-state index in [2.05, 4.69) is 22.5 Å². The van der Waals surface area contributed by atoms with E-state index in [1.807, 2.05) is 35.2 Å². The molecule has 1 heterocycles. The SMILES string of the molecule is CCCCOc1cccc(C(=O)NC(=S)Nc2ccc(N3CCN(C(=O)c4cc(OC)cc(OC)c4)CC3)cc2)c1. The summed E-state index contributed by atoms with van der Waals surface area (Å²) < 4.78 is 16.3. The maximum absolute atomic E-state index is 13.1. The number of ether oxygens (including phenoxy) is 3. The molecule has 0 saturated carbocycles. The molecule has 0 spiro atoms. The highest BCUT2D eigenvalue weighted by atomic mass is 32.1. The summed E-state index contributed by atoms with van der Waals surface area (Å²) in [6, 6.07) is 20.1. The van der Waals surface area contributed by atoms with Crippen LogP contribution in [0.2, 0.25) is 0 Å². The van der Waals surface area contributed by atoms with Gasteiger partial charge in [0, 0.05) is 54.7 Å². The summed E-state index contributed by atoms with van der Waals surface area (Å²) in [5.74, 6) is 1.47. The smallest absolute Gasteiger partial charge is 0.257 e. The summed E-state index contributed by atoms with van der Waals surface area (Å²) in [5.41, 5.74) is 2.82. The van der Waals surface area contributed by atoms with E-state index < -0.39 is 0 Å². The molecule has 3 aromatic carbocycles. The highest BCUT2D eigenvalue weighted by Crippen LogP contribution is 2.25. The van der Waals surface area contributed by atoms with E-state index in [9.17, 15) is 9.59 Å². The Kier molecular flexibility index (Phi) is 10.4. The molecule has 1 fully saturated rings. The molecule has 0 radical (unpaired) electrons. The van der Waals surface area contributed by atoms with Gasteiger partial charge in [-0.3, -0.25) is 14.9 Å². The number of piperazine rings is 1. The Balaban J connectivity index is 1.27. The van der Waals surface area contributed by atoms with Crippen molar-refractivity contribution in [1.82, 2.24) is 10.2 Å². The lowest BCUT2D eigenvalue weighted by Gasteiger charge is -2.36. The highest BCUT2D eigenvalue weighted by Gasteiger charge is 2.23. The molecule has 0 atom stereocenters. The van der Waals surface area contributed by atoms with Crippen LogP contribution >= 0.6 is 12.2 Å². The van der Waals surface area contributed by atoms with Gasteiger partial charge in [0.15, 0.2) is 5.11 Å². The van der Waals surface area contributed by atoms with E-state index in [-0.39, 0.29) is 16.9 Å². The van der Waals surface area contributed by atoms with Gasteiger partial charge in [-0.2, -0.15) is 0 Å². The molecule has 0 unspecified atom stereocenters. The van der Waals surface area contributed by atoms with Crippen molar-refractivity contribution < 1.29 is 23.8 Å². The molecule has 41 heavy (non-hydrogen) atoms. The number of carbonyl (C=O) groups is 2. The van der Waals surface area contributed by atoms with Gasteiger partial charge in [0.2, 0.25) is 0 Å². The van der Waals surface area contributed by atoms with Crippen LogP contribution < -0.4 is 29.7 Å². The van der Waals surface area contributed by atoms with Crippen molar-refractivity contribution >= 4 is 40.5 Å². The van der Waals surface area contributed by atoms with Crippen molar-refractivity contribution in [3.8, 4) is 17.2 Å². The van der Waals surface area contributed by atoms with Gasteiger partial charge in [-0.1, -0.05) is 19.4 Å². The molecule has 3 aromatic rings. The Labute approximate surface area is 246 Å². The molecule has 4 rings (SSSR count). The fourth-order valence-corrected chi connectivity index (χ4v) is 4.65. The second-order valence-corrected chi connectivity index (χ2v) is 9.97. The fraction of sp³-hybridized carbons (Fsp3) is 0.323. The van der Waals surface area contributed by atoms with Gasteiger partial charge < -0.3 is 29.3 Å². The predicted octanol–water partition coefficient (Wildman–Crippen LogP) is 4.97. The number of nitrogens with one attached hydrogen (secondary N) is 2. The van der Waals surface area contributed by atoms with Crippen molar-refractivity contribution in [2.45, 2.75) is 19.8 Å². The predicted molar refractivity (Wildman–Crippen MR) is 165 cm³/mol. The van der Waals surface area contributed by atoms with Crippen molar-refractivity contribution in [3.05, 3.63) is 77.9 Å². The number of unbranched alkanes of at least 4 members (excludes halogenated alkanes) is 1. The van der Waals surface area contributed by atoms with Gasteiger partial charge in [-0.25, -0.2) is 0 Å². The van der Waals surface area contributed by atoms with E-state index in [0.29, 0.717) is 61.2 Å². The lowest BCUT2D eigenvalue weighted by atomic mass is 10.1. The van der Waals surface area contributed by atoms with Crippen LogP contribution in [0.5, 0.6) is 17.2 Å². The van der Waals surface area contributed by atoms with Crippen LogP contribution in [-0.2, 0) is 0 Å². The van der Waals surface area contributed by atoms with Crippen LogP contribution in [0.15, 0.2) is 66.7 Å². The normalized spacial score (nSPS) is 12.9. The van der Waals surface area contributed by atoms with Gasteiger partial charge in [-0.15, -0.1) is 0 Å². The third-order valence-corrected chi connectivity index (χ3v) is 6.95. The second kappa shape index (κ2) is 14.4. The standard InChI is InChI=1S/C31H36N4O5S/c1-4-5-17-40-26-8-6-7-22(18-26)29(36)33-31(41)32-24-9-11-25(12-10-24)34-13-15-35(16-14-34)30(37)23-19-27(38-2)21-28(20-23)39-3/h6-12,18-21H,4-5,13-17H2,1-3H3,(H2,32,33,36,41). The highest BCUT2D eigenvalue weighted by molar-refractivity contribution is 7.80. The summed E-state index contributed by atoms with van der Waals surface area (Å²) >= 11 is 5.36. The van der Waals surface area contributed by atoms with Crippen molar-refractivity contribution in [3.63, 3.8) is 0 Å². The minimum atomic E-state index is -0.306. The Hall–Kier alpha value is -4.31. The molecular formula is C31H36N4O5S. The third-order valence-electron chi connectivity index (χ3n) is 6.75. The lowest BCUT2D eigenvalue weighted by Crippen LogP contribution is -2.48.